The van der Waals surface area contributed by atoms with E-state index in [1.54, 1.807) is 11.9 Å². The maximum atomic E-state index is 11.7. The highest BCUT2D eigenvalue weighted by Crippen LogP contribution is 2.24. The van der Waals surface area contributed by atoms with Crippen LogP contribution in [0.2, 0.25) is 0 Å². The molecule has 1 aliphatic carbocycles. The zero-order chi connectivity index (χ0) is 13.8. The molecule has 0 N–H and O–H groups in total. The van der Waals surface area contributed by atoms with Gasteiger partial charge in [-0.25, -0.2) is 4.79 Å². The van der Waals surface area contributed by atoms with Crippen LogP contribution in [0, 0.1) is 5.92 Å². The van der Waals surface area contributed by atoms with E-state index in [1.165, 1.54) is 0 Å². The van der Waals surface area contributed by atoms with Crippen LogP contribution < -0.4 is 0 Å². The summed E-state index contributed by atoms with van der Waals surface area (Å²) in [6, 6.07) is 0. The molecule has 1 aliphatic rings. The molecule has 1 saturated carbocycles. The van der Waals surface area contributed by atoms with Gasteiger partial charge in [0, 0.05) is 26.4 Å². The van der Waals surface area contributed by atoms with Crippen molar-refractivity contribution in [2.45, 2.75) is 58.5 Å². The van der Waals surface area contributed by atoms with Crippen LogP contribution in [0.4, 0.5) is 4.79 Å². The van der Waals surface area contributed by atoms with E-state index in [4.69, 9.17) is 4.74 Å². The van der Waals surface area contributed by atoms with Crippen LogP contribution in [-0.4, -0.2) is 36.0 Å². The minimum Gasteiger partial charge on any atom is -0.444 e. The van der Waals surface area contributed by atoms with Crippen LogP contribution in [0.25, 0.3) is 0 Å². The number of amides is 1. The second-order valence-corrected chi connectivity index (χ2v) is 6.17. The van der Waals surface area contributed by atoms with E-state index in [0.717, 1.165) is 19.3 Å². The number of Topliss-reactive ketones (excluding diaryl/α,β-unsaturated/α-hetero) is 1. The first kappa shape index (κ1) is 15.0. The summed E-state index contributed by atoms with van der Waals surface area (Å²) in [4.78, 5) is 24.5. The van der Waals surface area contributed by atoms with E-state index >= 15 is 0 Å². The molecular formula is C14H25NO3. The van der Waals surface area contributed by atoms with Crippen LogP contribution in [0.15, 0.2) is 0 Å². The number of nitrogens with zero attached hydrogens (tertiary/aromatic N) is 1. The van der Waals surface area contributed by atoms with Crippen molar-refractivity contribution in [3.63, 3.8) is 0 Å². The van der Waals surface area contributed by atoms with Gasteiger partial charge >= 0.3 is 6.09 Å². The Morgan fingerprint density at radius 1 is 1.33 bits per heavy atom. The van der Waals surface area contributed by atoms with E-state index in [-0.39, 0.29) is 6.09 Å². The number of ketones is 1. The fraction of sp³-hybridized carbons (Fsp3) is 0.857. The minimum absolute atomic E-state index is 0.269. The van der Waals surface area contributed by atoms with Crippen molar-refractivity contribution in [2.75, 3.05) is 13.6 Å². The van der Waals surface area contributed by atoms with Crippen molar-refractivity contribution in [1.82, 2.24) is 4.90 Å². The van der Waals surface area contributed by atoms with Gasteiger partial charge in [0.2, 0.25) is 0 Å². The topological polar surface area (TPSA) is 46.6 Å². The molecule has 0 aromatic heterocycles. The van der Waals surface area contributed by atoms with E-state index in [9.17, 15) is 9.59 Å². The Morgan fingerprint density at radius 2 is 1.89 bits per heavy atom. The number of ether oxygens (including phenoxy) is 1. The van der Waals surface area contributed by atoms with Gasteiger partial charge in [-0.15, -0.1) is 0 Å². The lowest BCUT2D eigenvalue weighted by Gasteiger charge is -2.27. The van der Waals surface area contributed by atoms with Gasteiger partial charge in [-0.05, 0) is 46.0 Å². The lowest BCUT2D eigenvalue weighted by molar-refractivity contribution is -0.121. The van der Waals surface area contributed by atoms with E-state index in [1.807, 2.05) is 20.8 Å². The molecule has 0 unspecified atom stereocenters. The molecule has 0 heterocycles. The fourth-order valence-electron chi connectivity index (χ4n) is 2.10. The predicted molar refractivity (Wildman–Crippen MR) is 70.4 cm³/mol. The van der Waals surface area contributed by atoms with E-state index in [2.05, 4.69) is 0 Å². The van der Waals surface area contributed by atoms with Crippen LogP contribution in [0.5, 0.6) is 0 Å². The molecule has 104 valence electrons. The van der Waals surface area contributed by atoms with Gasteiger partial charge in [-0.3, -0.25) is 4.79 Å². The Balaban J connectivity index is 2.26. The molecule has 1 amide bonds. The number of carbonyl (C=O) groups excluding carboxylic acids is 2. The Kier molecular flexibility index (Phi) is 5.17. The average Bonchev–Trinajstić information content (AvgIpc) is 2.25. The molecule has 4 heteroatoms. The third-order valence-electron chi connectivity index (χ3n) is 3.24. The third kappa shape index (κ3) is 5.52. The molecule has 0 aromatic carbocycles. The second-order valence-electron chi connectivity index (χ2n) is 6.17. The lowest BCUT2D eigenvalue weighted by atomic mass is 9.86. The molecule has 18 heavy (non-hydrogen) atoms. The standard InChI is InChI=1S/C14H25NO3/c1-14(2,3)18-13(17)15(4)10-9-11-5-7-12(16)8-6-11/h11H,5-10H2,1-4H3. The summed E-state index contributed by atoms with van der Waals surface area (Å²) in [5, 5.41) is 0. The highest BCUT2D eigenvalue weighted by Gasteiger charge is 2.22. The molecule has 0 atom stereocenters. The SMILES string of the molecule is CN(CCC1CCC(=O)CC1)C(=O)OC(C)(C)C. The van der Waals surface area contributed by atoms with Gasteiger partial charge in [0.25, 0.3) is 0 Å². The summed E-state index contributed by atoms with van der Waals surface area (Å²) >= 11 is 0. The Morgan fingerprint density at radius 3 is 2.39 bits per heavy atom. The summed E-state index contributed by atoms with van der Waals surface area (Å²) in [5.74, 6) is 0.958. The number of hydrogen-bond acceptors (Lipinski definition) is 3. The number of carbonyl (C=O) groups is 2. The maximum absolute atomic E-state index is 11.7. The van der Waals surface area contributed by atoms with Crippen molar-refractivity contribution in [3.05, 3.63) is 0 Å². The molecule has 0 spiro atoms. The third-order valence-corrected chi connectivity index (χ3v) is 3.24. The smallest absolute Gasteiger partial charge is 0.410 e. The van der Waals surface area contributed by atoms with Gasteiger partial charge < -0.3 is 9.64 Å². The molecule has 1 fully saturated rings. The molecule has 0 bridgehead atoms. The highest BCUT2D eigenvalue weighted by molar-refractivity contribution is 5.79. The normalized spacial score (nSPS) is 17.7. The zero-order valence-corrected chi connectivity index (χ0v) is 12.0. The lowest BCUT2D eigenvalue weighted by Crippen LogP contribution is -2.35. The molecule has 0 aliphatic heterocycles. The number of hydrogen-bond donors (Lipinski definition) is 0. The van der Waals surface area contributed by atoms with Crippen LogP contribution in [0.1, 0.15) is 52.9 Å². The summed E-state index contributed by atoms with van der Waals surface area (Å²) < 4.78 is 5.29. The molecule has 4 nitrogen and oxygen atoms in total. The molecule has 1 rings (SSSR count). The number of rotatable bonds is 3. The summed E-state index contributed by atoms with van der Waals surface area (Å²) in [5.41, 5.74) is -0.442. The van der Waals surface area contributed by atoms with Crippen LogP contribution in [-0.2, 0) is 9.53 Å². The van der Waals surface area contributed by atoms with Gasteiger partial charge in [0.15, 0.2) is 0 Å². The van der Waals surface area contributed by atoms with Crippen molar-refractivity contribution >= 4 is 11.9 Å². The Labute approximate surface area is 110 Å². The zero-order valence-electron chi connectivity index (χ0n) is 12.0. The molecule has 0 aromatic rings. The fourth-order valence-corrected chi connectivity index (χ4v) is 2.10. The van der Waals surface area contributed by atoms with Crippen molar-refractivity contribution < 1.29 is 14.3 Å². The van der Waals surface area contributed by atoms with Crippen molar-refractivity contribution in [3.8, 4) is 0 Å². The van der Waals surface area contributed by atoms with Gasteiger partial charge in [0.05, 0.1) is 0 Å². The van der Waals surface area contributed by atoms with Gasteiger partial charge in [-0.1, -0.05) is 0 Å². The van der Waals surface area contributed by atoms with Gasteiger partial charge in [-0.2, -0.15) is 0 Å². The minimum atomic E-state index is -0.442. The van der Waals surface area contributed by atoms with Crippen molar-refractivity contribution in [2.24, 2.45) is 5.92 Å². The maximum Gasteiger partial charge on any atom is 0.410 e. The first-order chi connectivity index (χ1) is 8.28. The van der Waals surface area contributed by atoms with E-state index < -0.39 is 5.60 Å². The van der Waals surface area contributed by atoms with Crippen LogP contribution in [0.3, 0.4) is 0 Å². The molecular weight excluding hydrogens is 230 g/mol. The average molecular weight is 255 g/mol. The van der Waals surface area contributed by atoms with Gasteiger partial charge in [0.1, 0.15) is 11.4 Å². The monoisotopic (exact) mass is 255 g/mol. The van der Waals surface area contributed by atoms with Crippen molar-refractivity contribution in [1.29, 1.82) is 0 Å². The first-order valence-electron chi connectivity index (χ1n) is 6.74. The summed E-state index contributed by atoms with van der Waals surface area (Å²) in [7, 11) is 1.77. The van der Waals surface area contributed by atoms with E-state index in [0.29, 0.717) is 31.1 Å². The first-order valence-corrected chi connectivity index (χ1v) is 6.74. The second kappa shape index (κ2) is 6.21. The molecule has 0 saturated heterocycles. The molecule has 0 radical (unpaired) electrons. The highest BCUT2D eigenvalue weighted by atomic mass is 16.6. The summed E-state index contributed by atoms with van der Waals surface area (Å²) in [6.45, 7) is 6.30. The summed E-state index contributed by atoms with van der Waals surface area (Å²) in [6.07, 6.45) is 4.06. The largest absolute Gasteiger partial charge is 0.444 e. The quantitative estimate of drug-likeness (QED) is 0.778. The Bertz CT molecular complexity index is 297. The predicted octanol–water partition coefficient (Wildman–Crippen LogP) is 3.00. The Hall–Kier alpha value is -1.06. The van der Waals surface area contributed by atoms with Crippen LogP contribution >= 0.6 is 0 Å².